The Morgan fingerprint density at radius 3 is 2.47 bits per heavy atom. The molecule has 2 nitrogen and oxygen atoms in total. The van der Waals surface area contributed by atoms with Gasteiger partial charge in [0.15, 0.2) is 0 Å². The number of benzene rings is 2. The van der Waals surface area contributed by atoms with Gasteiger partial charge in [-0.25, -0.2) is 0 Å². The second-order valence-electron chi connectivity index (χ2n) is 5.12. The number of hydrogen-bond donors (Lipinski definition) is 2. The third-order valence-electron chi connectivity index (χ3n) is 3.29. The van der Waals surface area contributed by atoms with Crippen LogP contribution in [0.1, 0.15) is 36.5 Å². The SMILES string of the molecule is CC(C)c1ccccc1NCc1cccc(CN)c1. The van der Waals surface area contributed by atoms with Gasteiger partial charge in [0.05, 0.1) is 0 Å². The molecule has 0 aliphatic heterocycles. The van der Waals surface area contributed by atoms with Crippen LogP contribution >= 0.6 is 0 Å². The molecule has 0 heterocycles. The molecule has 100 valence electrons. The topological polar surface area (TPSA) is 38.0 Å². The standard InChI is InChI=1S/C17H22N2/c1-13(2)16-8-3-4-9-17(16)19-12-15-7-5-6-14(10-15)11-18/h3-10,13,19H,11-12,18H2,1-2H3. The van der Waals surface area contributed by atoms with E-state index in [1.807, 2.05) is 0 Å². The van der Waals surface area contributed by atoms with Crippen LogP contribution in [-0.4, -0.2) is 0 Å². The molecular weight excluding hydrogens is 232 g/mol. The van der Waals surface area contributed by atoms with E-state index in [4.69, 9.17) is 5.73 Å². The van der Waals surface area contributed by atoms with Gasteiger partial charge in [0.2, 0.25) is 0 Å². The highest BCUT2D eigenvalue weighted by atomic mass is 14.9. The summed E-state index contributed by atoms with van der Waals surface area (Å²) in [5, 5.41) is 3.52. The van der Waals surface area contributed by atoms with E-state index in [0.29, 0.717) is 12.5 Å². The van der Waals surface area contributed by atoms with Crippen LogP contribution in [-0.2, 0) is 13.1 Å². The molecule has 0 radical (unpaired) electrons. The van der Waals surface area contributed by atoms with Crippen molar-refractivity contribution >= 4 is 5.69 Å². The van der Waals surface area contributed by atoms with Crippen molar-refractivity contribution in [3.63, 3.8) is 0 Å². The second kappa shape index (κ2) is 6.39. The monoisotopic (exact) mass is 254 g/mol. The van der Waals surface area contributed by atoms with E-state index in [0.717, 1.165) is 6.54 Å². The fourth-order valence-electron chi connectivity index (χ4n) is 2.23. The number of nitrogens with one attached hydrogen (secondary N) is 1. The summed E-state index contributed by atoms with van der Waals surface area (Å²) >= 11 is 0. The molecule has 3 N–H and O–H groups in total. The van der Waals surface area contributed by atoms with Gasteiger partial charge in [-0.3, -0.25) is 0 Å². The fourth-order valence-corrected chi connectivity index (χ4v) is 2.23. The van der Waals surface area contributed by atoms with E-state index in [1.54, 1.807) is 0 Å². The van der Waals surface area contributed by atoms with Crippen molar-refractivity contribution in [1.82, 2.24) is 0 Å². The zero-order chi connectivity index (χ0) is 13.7. The smallest absolute Gasteiger partial charge is 0.0400 e. The van der Waals surface area contributed by atoms with Gasteiger partial charge in [-0.2, -0.15) is 0 Å². The molecule has 0 saturated carbocycles. The average Bonchev–Trinajstić information content (AvgIpc) is 2.45. The fraction of sp³-hybridized carbons (Fsp3) is 0.294. The number of para-hydroxylation sites is 1. The molecule has 2 rings (SSSR count). The van der Waals surface area contributed by atoms with Crippen LogP contribution in [0.5, 0.6) is 0 Å². The van der Waals surface area contributed by atoms with Gasteiger partial charge in [0.1, 0.15) is 0 Å². The van der Waals surface area contributed by atoms with Crippen LogP contribution in [0.2, 0.25) is 0 Å². The number of nitrogens with two attached hydrogens (primary N) is 1. The minimum Gasteiger partial charge on any atom is -0.381 e. The molecule has 0 spiro atoms. The Morgan fingerprint density at radius 2 is 1.74 bits per heavy atom. The zero-order valence-corrected chi connectivity index (χ0v) is 11.7. The first-order valence-corrected chi connectivity index (χ1v) is 6.81. The van der Waals surface area contributed by atoms with Gasteiger partial charge in [0.25, 0.3) is 0 Å². The van der Waals surface area contributed by atoms with E-state index in [2.05, 4.69) is 67.7 Å². The molecule has 0 amide bonds. The third-order valence-corrected chi connectivity index (χ3v) is 3.29. The molecule has 0 unspecified atom stereocenters. The highest BCUT2D eigenvalue weighted by Crippen LogP contribution is 2.24. The van der Waals surface area contributed by atoms with Crippen molar-refractivity contribution in [2.45, 2.75) is 32.9 Å². The highest BCUT2D eigenvalue weighted by molar-refractivity contribution is 5.52. The van der Waals surface area contributed by atoms with Gasteiger partial charge in [-0.05, 0) is 28.7 Å². The van der Waals surface area contributed by atoms with Crippen molar-refractivity contribution in [3.8, 4) is 0 Å². The largest absolute Gasteiger partial charge is 0.381 e. The van der Waals surface area contributed by atoms with Crippen LogP contribution in [0, 0.1) is 0 Å². The minimum atomic E-state index is 0.527. The quantitative estimate of drug-likeness (QED) is 0.849. The van der Waals surface area contributed by atoms with E-state index in [1.165, 1.54) is 22.4 Å². The Hall–Kier alpha value is -1.80. The van der Waals surface area contributed by atoms with Crippen LogP contribution in [0.25, 0.3) is 0 Å². The lowest BCUT2D eigenvalue weighted by molar-refractivity contribution is 0.865. The maximum Gasteiger partial charge on any atom is 0.0400 e. The predicted molar refractivity (Wildman–Crippen MR) is 82.2 cm³/mol. The molecule has 0 fully saturated rings. The lowest BCUT2D eigenvalue weighted by Gasteiger charge is -2.14. The van der Waals surface area contributed by atoms with Crippen LogP contribution < -0.4 is 11.1 Å². The summed E-state index contributed by atoms with van der Waals surface area (Å²) < 4.78 is 0. The summed E-state index contributed by atoms with van der Waals surface area (Å²) in [4.78, 5) is 0. The summed E-state index contributed by atoms with van der Waals surface area (Å²) in [5.41, 5.74) is 10.7. The van der Waals surface area contributed by atoms with E-state index >= 15 is 0 Å². The van der Waals surface area contributed by atoms with Crippen LogP contribution in [0.4, 0.5) is 5.69 Å². The van der Waals surface area contributed by atoms with Crippen molar-refractivity contribution in [2.24, 2.45) is 5.73 Å². The van der Waals surface area contributed by atoms with E-state index < -0.39 is 0 Å². The Morgan fingerprint density at radius 1 is 1.00 bits per heavy atom. The first-order chi connectivity index (χ1) is 9.20. The van der Waals surface area contributed by atoms with E-state index in [9.17, 15) is 0 Å². The molecule has 2 heteroatoms. The van der Waals surface area contributed by atoms with Crippen molar-refractivity contribution in [2.75, 3.05) is 5.32 Å². The predicted octanol–water partition coefficient (Wildman–Crippen LogP) is 3.88. The first kappa shape index (κ1) is 13.6. The molecular formula is C17H22N2. The summed E-state index contributed by atoms with van der Waals surface area (Å²) in [5.74, 6) is 0.527. The lowest BCUT2D eigenvalue weighted by atomic mass is 10.0. The summed E-state index contributed by atoms with van der Waals surface area (Å²) in [6, 6.07) is 16.9. The molecule has 2 aromatic carbocycles. The summed E-state index contributed by atoms with van der Waals surface area (Å²) in [6.45, 7) is 5.86. The molecule has 2 aromatic rings. The maximum absolute atomic E-state index is 5.67. The third kappa shape index (κ3) is 3.58. The second-order valence-corrected chi connectivity index (χ2v) is 5.12. The Kier molecular flexibility index (Phi) is 4.58. The highest BCUT2D eigenvalue weighted by Gasteiger charge is 2.05. The van der Waals surface area contributed by atoms with Crippen molar-refractivity contribution < 1.29 is 0 Å². The van der Waals surface area contributed by atoms with E-state index in [-0.39, 0.29) is 0 Å². The zero-order valence-electron chi connectivity index (χ0n) is 11.7. The molecule has 0 atom stereocenters. The lowest BCUT2D eigenvalue weighted by Crippen LogP contribution is -2.04. The maximum atomic E-state index is 5.67. The van der Waals surface area contributed by atoms with Gasteiger partial charge >= 0.3 is 0 Å². The Labute approximate surface area is 115 Å². The summed E-state index contributed by atoms with van der Waals surface area (Å²) in [6.07, 6.45) is 0. The Balaban J connectivity index is 2.10. The number of anilines is 1. The van der Waals surface area contributed by atoms with Gasteiger partial charge in [-0.1, -0.05) is 56.3 Å². The molecule has 0 aliphatic carbocycles. The number of rotatable bonds is 5. The first-order valence-electron chi connectivity index (χ1n) is 6.81. The molecule has 0 bridgehead atoms. The molecule has 19 heavy (non-hydrogen) atoms. The average molecular weight is 254 g/mol. The Bertz CT molecular complexity index is 532. The minimum absolute atomic E-state index is 0.527. The van der Waals surface area contributed by atoms with Crippen molar-refractivity contribution in [1.29, 1.82) is 0 Å². The normalized spacial score (nSPS) is 10.7. The van der Waals surface area contributed by atoms with Gasteiger partial charge < -0.3 is 11.1 Å². The number of hydrogen-bond acceptors (Lipinski definition) is 2. The van der Waals surface area contributed by atoms with Crippen molar-refractivity contribution in [3.05, 3.63) is 65.2 Å². The summed E-state index contributed by atoms with van der Waals surface area (Å²) in [7, 11) is 0. The van der Waals surface area contributed by atoms with Gasteiger partial charge in [-0.15, -0.1) is 0 Å². The molecule has 0 aliphatic rings. The van der Waals surface area contributed by atoms with Crippen LogP contribution in [0.3, 0.4) is 0 Å². The van der Waals surface area contributed by atoms with Gasteiger partial charge in [0, 0.05) is 18.8 Å². The van der Waals surface area contributed by atoms with Crippen LogP contribution in [0.15, 0.2) is 48.5 Å². The molecule has 0 aromatic heterocycles. The molecule has 0 saturated heterocycles.